The molecule has 0 bridgehead atoms. The van der Waals surface area contributed by atoms with Crippen molar-refractivity contribution in [1.82, 2.24) is 15.5 Å². The van der Waals surface area contributed by atoms with Crippen LogP contribution < -0.4 is 10.6 Å². The second-order valence-electron chi connectivity index (χ2n) is 7.43. The van der Waals surface area contributed by atoms with Crippen molar-refractivity contribution in [2.24, 2.45) is 4.99 Å². The predicted octanol–water partition coefficient (Wildman–Crippen LogP) is 2.99. The number of carbonyl (C=O) groups excluding carboxylic acids is 1. The van der Waals surface area contributed by atoms with Crippen LogP contribution in [-0.4, -0.2) is 60.0 Å². The van der Waals surface area contributed by atoms with Gasteiger partial charge in [0.05, 0.1) is 0 Å². The van der Waals surface area contributed by atoms with Crippen LogP contribution in [0.2, 0.25) is 0 Å². The van der Waals surface area contributed by atoms with E-state index in [-0.39, 0.29) is 29.9 Å². The van der Waals surface area contributed by atoms with Gasteiger partial charge in [0.2, 0.25) is 5.91 Å². The topological polar surface area (TPSA) is 56.7 Å². The van der Waals surface area contributed by atoms with Gasteiger partial charge in [0.15, 0.2) is 5.96 Å². The summed E-state index contributed by atoms with van der Waals surface area (Å²) in [6.45, 7) is 3.02. The fourth-order valence-corrected chi connectivity index (χ4v) is 5.40. The van der Waals surface area contributed by atoms with E-state index >= 15 is 0 Å². The summed E-state index contributed by atoms with van der Waals surface area (Å²) < 4.78 is 0.457. The maximum Gasteiger partial charge on any atom is 0.220 e. The van der Waals surface area contributed by atoms with E-state index in [9.17, 15) is 4.79 Å². The zero-order valence-corrected chi connectivity index (χ0v) is 18.5. The van der Waals surface area contributed by atoms with Gasteiger partial charge in [0.1, 0.15) is 0 Å². The smallest absolute Gasteiger partial charge is 0.220 e. The van der Waals surface area contributed by atoms with Gasteiger partial charge in [-0.15, -0.1) is 24.0 Å². The van der Waals surface area contributed by atoms with Crippen molar-refractivity contribution in [2.75, 3.05) is 32.4 Å². The van der Waals surface area contributed by atoms with Crippen LogP contribution in [0, 0.1) is 0 Å². The lowest BCUT2D eigenvalue weighted by Gasteiger charge is -2.45. The molecule has 1 spiro atoms. The third-order valence-corrected chi connectivity index (χ3v) is 6.87. The molecule has 0 unspecified atom stereocenters. The van der Waals surface area contributed by atoms with E-state index in [1.165, 1.54) is 37.9 Å². The van der Waals surface area contributed by atoms with E-state index in [1.807, 2.05) is 7.05 Å². The molecule has 3 fully saturated rings. The highest BCUT2D eigenvalue weighted by Gasteiger charge is 2.38. The molecule has 1 saturated heterocycles. The molecule has 5 nitrogen and oxygen atoms in total. The molecule has 2 saturated carbocycles. The zero-order chi connectivity index (χ0) is 16.8. The molecule has 0 radical (unpaired) electrons. The van der Waals surface area contributed by atoms with Crippen LogP contribution in [0.5, 0.6) is 0 Å². The second kappa shape index (κ2) is 10.2. The Balaban J connectivity index is 0.00000225. The Morgan fingerprint density at radius 3 is 2.72 bits per heavy atom. The van der Waals surface area contributed by atoms with E-state index in [4.69, 9.17) is 0 Å². The summed E-state index contributed by atoms with van der Waals surface area (Å²) in [5.74, 6) is 2.41. The van der Waals surface area contributed by atoms with Crippen LogP contribution in [0.1, 0.15) is 57.8 Å². The fraction of sp³-hybridized carbons (Fsp3) is 0.889. The minimum Gasteiger partial charge on any atom is -0.356 e. The largest absolute Gasteiger partial charge is 0.356 e. The minimum absolute atomic E-state index is 0. The number of rotatable bonds is 5. The number of carbonyl (C=O) groups is 1. The predicted molar refractivity (Wildman–Crippen MR) is 117 cm³/mol. The molecule has 25 heavy (non-hydrogen) atoms. The molecule has 1 heterocycles. The number of thioether (sulfide) groups is 1. The van der Waals surface area contributed by atoms with Crippen molar-refractivity contribution in [3.05, 3.63) is 0 Å². The fourth-order valence-electron chi connectivity index (χ4n) is 3.83. The average molecular weight is 480 g/mol. The van der Waals surface area contributed by atoms with Crippen LogP contribution in [0.15, 0.2) is 4.99 Å². The molecule has 144 valence electrons. The molecule has 3 aliphatic rings. The number of nitrogens with one attached hydrogen (secondary N) is 2. The molecule has 1 amide bonds. The van der Waals surface area contributed by atoms with Gasteiger partial charge in [0.25, 0.3) is 0 Å². The first-order valence-corrected chi connectivity index (χ1v) is 10.6. The van der Waals surface area contributed by atoms with Crippen LogP contribution in [0.4, 0.5) is 0 Å². The lowest BCUT2D eigenvalue weighted by atomic mass is 9.87. The lowest BCUT2D eigenvalue weighted by molar-refractivity contribution is -0.121. The Labute approximate surface area is 173 Å². The Morgan fingerprint density at radius 2 is 2.04 bits per heavy atom. The van der Waals surface area contributed by atoms with Crippen molar-refractivity contribution in [1.29, 1.82) is 0 Å². The van der Waals surface area contributed by atoms with E-state index in [0.717, 1.165) is 44.9 Å². The van der Waals surface area contributed by atoms with Crippen molar-refractivity contribution in [2.45, 2.75) is 68.6 Å². The summed E-state index contributed by atoms with van der Waals surface area (Å²) in [5.41, 5.74) is 0. The van der Waals surface area contributed by atoms with Crippen molar-refractivity contribution >= 4 is 47.6 Å². The molecular weight excluding hydrogens is 447 g/mol. The Bertz CT molecular complexity index is 458. The minimum atomic E-state index is 0. The molecule has 3 rings (SSSR count). The first-order valence-electron chi connectivity index (χ1n) is 9.60. The van der Waals surface area contributed by atoms with Crippen molar-refractivity contribution < 1.29 is 4.79 Å². The summed E-state index contributed by atoms with van der Waals surface area (Å²) in [6, 6.07) is 0.468. The monoisotopic (exact) mass is 480 g/mol. The van der Waals surface area contributed by atoms with E-state index in [0.29, 0.717) is 17.2 Å². The first-order chi connectivity index (χ1) is 11.7. The van der Waals surface area contributed by atoms with Crippen LogP contribution in [0.3, 0.4) is 0 Å². The number of hydrogen-bond acceptors (Lipinski definition) is 3. The molecule has 7 heteroatoms. The highest BCUT2D eigenvalue weighted by Crippen LogP contribution is 2.42. The van der Waals surface area contributed by atoms with Gasteiger partial charge >= 0.3 is 0 Å². The molecule has 0 aromatic rings. The van der Waals surface area contributed by atoms with Gasteiger partial charge in [-0.1, -0.05) is 19.3 Å². The average Bonchev–Trinajstić information content (AvgIpc) is 3.39. The maximum atomic E-state index is 11.7. The van der Waals surface area contributed by atoms with Crippen molar-refractivity contribution in [3.63, 3.8) is 0 Å². The third kappa shape index (κ3) is 6.48. The van der Waals surface area contributed by atoms with Crippen LogP contribution >= 0.6 is 35.7 Å². The molecule has 2 aliphatic carbocycles. The van der Waals surface area contributed by atoms with E-state index in [1.54, 1.807) is 0 Å². The van der Waals surface area contributed by atoms with Gasteiger partial charge in [-0.2, -0.15) is 11.8 Å². The zero-order valence-electron chi connectivity index (χ0n) is 15.4. The summed E-state index contributed by atoms with van der Waals surface area (Å²) in [6.07, 6.45) is 10.7. The quantitative estimate of drug-likeness (QED) is 0.275. The number of amides is 1. The Morgan fingerprint density at radius 1 is 1.28 bits per heavy atom. The third-order valence-electron chi connectivity index (χ3n) is 5.33. The maximum absolute atomic E-state index is 11.7. The molecule has 0 aromatic heterocycles. The van der Waals surface area contributed by atoms with Crippen LogP contribution in [-0.2, 0) is 4.79 Å². The normalized spacial score (nSPS) is 23.1. The molecule has 0 aromatic carbocycles. The lowest BCUT2D eigenvalue weighted by Crippen LogP contribution is -2.53. The SMILES string of the molecule is CN=C(NCCCC(=O)NC1CC1)N1CCSC2(CCCCC2)C1.I. The Hall–Kier alpha value is -0.180. The summed E-state index contributed by atoms with van der Waals surface area (Å²) >= 11 is 2.18. The highest BCUT2D eigenvalue weighted by atomic mass is 127. The van der Waals surface area contributed by atoms with Gasteiger partial charge < -0.3 is 15.5 Å². The summed E-state index contributed by atoms with van der Waals surface area (Å²) in [4.78, 5) is 18.7. The van der Waals surface area contributed by atoms with Gasteiger partial charge in [-0.25, -0.2) is 0 Å². The highest BCUT2D eigenvalue weighted by molar-refractivity contribution is 14.0. The van der Waals surface area contributed by atoms with Crippen molar-refractivity contribution in [3.8, 4) is 0 Å². The number of aliphatic imine (C=N–C) groups is 1. The number of guanidine groups is 1. The first kappa shape index (κ1) is 21.1. The standard InChI is InChI=1S/C18H32N4OS.HI/c1-19-17(20-11-5-6-16(23)21-15-7-8-15)22-12-13-24-18(14-22)9-3-2-4-10-18;/h15H,2-14H2,1H3,(H,19,20)(H,21,23);1H. The van der Waals surface area contributed by atoms with Gasteiger partial charge in [-0.3, -0.25) is 9.79 Å². The number of nitrogens with zero attached hydrogens (tertiary/aromatic N) is 2. The summed E-state index contributed by atoms with van der Waals surface area (Å²) in [5, 5.41) is 6.52. The van der Waals surface area contributed by atoms with Crippen LogP contribution in [0.25, 0.3) is 0 Å². The van der Waals surface area contributed by atoms with Gasteiger partial charge in [-0.05, 0) is 32.1 Å². The summed E-state index contributed by atoms with van der Waals surface area (Å²) in [7, 11) is 1.87. The van der Waals surface area contributed by atoms with E-state index < -0.39 is 0 Å². The molecule has 2 N–H and O–H groups in total. The second-order valence-corrected chi connectivity index (χ2v) is 9.00. The van der Waals surface area contributed by atoms with E-state index in [2.05, 4.69) is 32.3 Å². The van der Waals surface area contributed by atoms with Gasteiger partial charge in [0, 0.05) is 49.6 Å². The molecule has 1 aliphatic heterocycles. The Kier molecular flexibility index (Phi) is 8.64. The number of halogens is 1. The molecular formula is C18H33IN4OS. The molecule has 0 atom stereocenters. The number of hydrogen-bond donors (Lipinski definition) is 2.